The summed E-state index contributed by atoms with van der Waals surface area (Å²) in [5.41, 5.74) is 7.66. The molecule has 24 heavy (non-hydrogen) atoms. The standard InChI is InChI=1S/C18H23N3O3/c1-11(2)24-13-6-15-20-14(8-21(15)7-12(13)16(19)22)18-5-4-17(3,9-18)23-10-18/h6-8,11H,4-5,9-10H2,1-3H3,(H2,19,22). The second-order valence-electron chi connectivity index (χ2n) is 7.67. The first kappa shape index (κ1) is 15.4. The minimum Gasteiger partial charge on any atom is -0.490 e. The third kappa shape index (κ3) is 2.28. The molecule has 1 amide bonds. The molecule has 0 radical (unpaired) electrons. The van der Waals surface area contributed by atoms with Crippen molar-refractivity contribution in [2.24, 2.45) is 5.73 Å². The molecule has 6 heteroatoms. The Hall–Kier alpha value is -2.08. The van der Waals surface area contributed by atoms with Crippen molar-refractivity contribution in [2.75, 3.05) is 6.61 Å². The zero-order chi connectivity index (χ0) is 17.1. The average Bonchev–Trinajstić information content (AvgIpc) is 3.15. The van der Waals surface area contributed by atoms with Crippen LogP contribution in [0.15, 0.2) is 18.5 Å². The summed E-state index contributed by atoms with van der Waals surface area (Å²) in [6.07, 6.45) is 6.83. The number of amides is 1. The highest BCUT2D eigenvalue weighted by atomic mass is 16.5. The predicted octanol–water partition coefficient (Wildman–Crippen LogP) is 2.43. The number of ether oxygens (including phenoxy) is 2. The van der Waals surface area contributed by atoms with Crippen LogP contribution in [0, 0.1) is 0 Å². The molecule has 0 spiro atoms. The maximum Gasteiger partial charge on any atom is 0.253 e. The van der Waals surface area contributed by atoms with E-state index >= 15 is 0 Å². The van der Waals surface area contributed by atoms with Gasteiger partial charge in [0, 0.05) is 23.9 Å². The summed E-state index contributed by atoms with van der Waals surface area (Å²) in [6.45, 7) is 6.73. The van der Waals surface area contributed by atoms with Crippen LogP contribution in [-0.4, -0.2) is 33.6 Å². The Morgan fingerprint density at radius 2 is 2.21 bits per heavy atom. The molecule has 6 nitrogen and oxygen atoms in total. The third-order valence-electron chi connectivity index (χ3n) is 5.27. The number of primary amides is 1. The fraction of sp³-hybridized carbons (Fsp3) is 0.556. The van der Waals surface area contributed by atoms with E-state index in [0.29, 0.717) is 17.9 Å². The van der Waals surface area contributed by atoms with Crippen LogP contribution >= 0.6 is 0 Å². The van der Waals surface area contributed by atoms with Crippen molar-refractivity contribution in [2.45, 2.75) is 57.2 Å². The normalized spacial score (nSPS) is 28.8. The Kier molecular flexibility index (Phi) is 3.19. The third-order valence-corrected chi connectivity index (χ3v) is 5.27. The lowest BCUT2D eigenvalue weighted by Crippen LogP contribution is -2.26. The van der Waals surface area contributed by atoms with Gasteiger partial charge in [0.15, 0.2) is 0 Å². The van der Waals surface area contributed by atoms with Crippen LogP contribution in [0.2, 0.25) is 0 Å². The van der Waals surface area contributed by atoms with Crippen molar-refractivity contribution in [3.8, 4) is 5.75 Å². The topological polar surface area (TPSA) is 78.8 Å². The Morgan fingerprint density at radius 1 is 1.42 bits per heavy atom. The summed E-state index contributed by atoms with van der Waals surface area (Å²) in [7, 11) is 0. The summed E-state index contributed by atoms with van der Waals surface area (Å²) in [5, 5.41) is 0. The highest BCUT2D eigenvalue weighted by molar-refractivity contribution is 5.95. The van der Waals surface area contributed by atoms with Gasteiger partial charge in [0.1, 0.15) is 11.4 Å². The molecule has 2 unspecified atom stereocenters. The highest BCUT2D eigenvalue weighted by Gasteiger charge is 2.55. The first-order valence-corrected chi connectivity index (χ1v) is 8.44. The molecule has 2 aliphatic rings. The van der Waals surface area contributed by atoms with E-state index in [9.17, 15) is 4.79 Å². The Balaban J connectivity index is 1.80. The van der Waals surface area contributed by atoms with Crippen LogP contribution in [0.25, 0.3) is 5.65 Å². The first-order valence-electron chi connectivity index (χ1n) is 8.44. The minimum absolute atomic E-state index is 0.00722. The second kappa shape index (κ2) is 4.96. The monoisotopic (exact) mass is 329 g/mol. The van der Waals surface area contributed by atoms with Crippen molar-refractivity contribution in [3.05, 3.63) is 29.7 Å². The van der Waals surface area contributed by atoms with Crippen LogP contribution in [0.3, 0.4) is 0 Å². The van der Waals surface area contributed by atoms with Crippen LogP contribution in [0.1, 0.15) is 56.1 Å². The predicted molar refractivity (Wildman–Crippen MR) is 89.4 cm³/mol. The fourth-order valence-electron chi connectivity index (χ4n) is 4.06. The number of aromatic nitrogens is 2. The number of nitrogens with zero attached hydrogens (tertiary/aromatic N) is 2. The van der Waals surface area contributed by atoms with Crippen molar-refractivity contribution in [1.29, 1.82) is 0 Å². The van der Waals surface area contributed by atoms with Gasteiger partial charge in [-0.1, -0.05) is 0 Å². The van der Waals surface area contributed by atoms with Gasteiger partial charge in [-0.25, -0.2) is 4.98 Å². The van der Waals surface area contributed by atoms with E-state index < -0.39 is 5.91 Å². The zero-order valence-corrected chi connectivity index (χ0v) is 14.3. The maximum absolute atomic E-state index is 11.8. The van der Waals surface area contributed by atoms with E-state index in [4.69, 9.17) is 20.2 Å². The van der Waals surface area contributed by atoms with Crippen molar-refractivity contribution in [3.63, 3.8) is 0 Å². The number of hydrogen-bond donors (Lipinski definition) is 1. The van der Waals surface area contributed by atoms with Crippen molar-refractivity contribution < 1.29 is 14.3 Å². The highest BCUT2D eigenvalue weighted by Crippen LogP contribution is 2.53. The molecule has 1 aliphatic heterocycles. The van der Waals surface area contributed by atoms with Gasteiger partial charge in [-0.3, -0.25) is 4.79 Å². The van der Waals surface area contributed by atoms with E-state index in [2.05, 4.69) is 6.92 Å². The molecule has 2 bridgehead atoms. The summed E-state index contributed by atoms with van der Waals surface area (Å²) in [5.74, 6) is -0.0165. The van der Waals surface area contributed by atoms with E-state index in [1.165, 1.54) is 0 Å². The van der Waals surface area contributed by atoms with Crippen LogP contribution in [0.5, 0.6) is 5.75 Å². The number of nitrogens with two attached hydrogens (primary N) is 1. The number of imidazole rings is 1. The number of fused-ring (bicyclic) bond motifs is 3. The average molecular weight is 329 g/mol. The Labute approximate surface area is 141 Å². The van der Waals surface area contributed by atoms with Crippen LogP contribution < -0.4 is 10.5 Å². The van der Waals surface area contributed by atoms with Crippen LogP contribution in [0.4, 0.5) is 0 Å². The van der Waals surface area contributed by atoms with Gasteiger partial charge in [0.25, 0.3) is 5.91 Å². The van der Waals surface area contributed by atoms with Gasteiger partial charge in [-0.15, -0.1) is 0 Å². The van der Waals surface area contributed by atoms with E-state index in [0.717, 1.165) is 30.6 Å². The number of carbonyl (C=O) groups excluding carboxylic acids is 1. The molecule has 2 aromatic heterocycles. The fourth-order valence-corrected chi connectivity index (χ4v) is 4.06. The quantitative estimate of drug-likeness (QED) is 0.934. The smallest absolute Gasteiger partial charge is 0.253 e. The molecule has 4 rings (SSSR count). The zero-order valence-electron chi connectivity index (χ0n) is 14.3. The van der Waals surface area contributed by atoms with Gasteiger partial charge in [0.2, 0.25) is 0 Å². The summed E-state index contributed by atoms with van der Waals surface area (Å²) < 4.78 is 13.6. The molecule has 0 aromatic carbocycles. The largest absolute Gasteiger partial charge is 0.490 e. The Bertz CT molecular complexity index is 816. The minimum atomic E-state index is -0.501. The van der Waals surface area contributed by atoms with Gasteiger partial charge in [-0.2, -0.15) is 0 Å². The molecular weight excluding hydrogens is 306 g/mol. The number of pyridine rings is 1. The van der Waals surface area contributed by atoms with Crippen LogP contribution in [-0.2, 0) is 10.2 Å². The second-order valence-corrected chi connectivity index (χ2v) is 7.67. The molecule has 128 valence electrons. The summed E-state index contributed by atoms with van der Waals surface area (Å²) >= 11 is 0. The lowest BCUT2D eigenvalue weighted by Gasteiger charge is -2.24. The van der Waals surface area contributed by atoms with Gasteiger partial charge in [0.05, 0.1) is 29.6 Å². The number of rotatable bonds is 4. The van der Waals surface area contributed by atoms with Crippen molar-refractivity contribution >= 4 is 11.6 Å². The first-order chi connectivity index (χ1) is 11.3. The molecule has 1 saturated carbocycles. The Morgan fingerprint density at radius 3 is 2.75 bits per heavy atom. The molecule has 2 atom stereocenters. The van der Waals surface area contributed by atoms with E-state index in [1.807, 2.05) is 24.4 Å². The molecular formula is C18H23N3O3. The van der Waals surface area contributed by atoms with Gasteiger partial charge >= 0.3 is 0 Å². The number of hydrogen-bond acceptors (Lipinski definition) is 4. The lowest BCUT2D eigenvalue weighted by molar-refractivity contribution is -0.00627. The SMILES string of the molecule is CC(C)Oc1cc2nc(C34CCC(C)(C3)OC4)cn2cc1C(N)=O. The molecule has 1 saturated heterocycles. The van der Waals surface area contributed by atoms with Gasteiger partial charge < -0.3 is 19.6 Å². The van der Waals surface area contributed by atoms with E-state index in [1.54, 1.807) is 12.3 Å². The summed E-state index contributed by atoms with van der Waals surface area (Å²) in [6, 6.07) is 1.80. The molecule has 3 heterocycles. The van der Waals surface area contributed by atoms with Gasteiger partial charge in [-0.05, 0) is 40.0 Å². The summed E-state index contributed by atoms with van der Waals surface area (Å²) in [4.78, 5) is 16.6. The van der Waals surface area contributed by atoms with Crippen molar-refractivity contribution in [1.82, 2.24) is 9.38 Å². The lowest BCUT2D eigenvalue weighted by atomic mass is 9.84. The molecule has 1 aliphatic carbocycles. The van der Waals surface area contributed by atoms with E-state index in [-0.39, 0.29) is 17.1 Å². The molecule has 2 N–H and O–H groups in total. The number of carbonyl (C=O) groups is 1. The molecule has 2 aromatic rings. The molecule has 2 fully saturated rings. The maximum atomic E-state index is 11.8.